The molecule has 0 saturated heterocycles. The summed E-state index contributed by atoms with van der Waals surface area (Å²) in [6.45, 7) is 5.51. The number of rotatable bonds is 7. The molecule has 2 N–H and O–H groups in total. The highest BCUT2D eigenvalue weighted by molar-refractivity contribution is 6.33. The second kappa shape index (κ2) is 9.26. The third-order valence-corrected chi connectivity index (χ3v) is 7.23. The van der Waals surface area contributed by atoms with Crippen molar-refractivity contribution in [3.8, 4) is 0 Å². The van der Waals surface area contributed by atoms with Gasteiger partial charge in [0, 0.05) is 13.1 Å². The molecule has 1 fully saturated rings. The summed E-state index contributed by atoms with van der Waals surface area (Å²) in [5, 5.41) is 0.542. The summed E-state index contributed by atoms with van der Waals surface area (Å²) in [4.78, 5) is 6.05. The number of hydrogen-bond donors (Lipinski definition) is 1. The lowest BCUT2D eigenvalue weighted by Crippen LogP contribution is -2.30. The molecule has 2 heterocycles. The van der Waals surface area contributed by atoms with Crippen molar-refractivity contribution in [2.24, 2.45) is 17.6 Å². The molecule has 8 heteroatoms. The zero-order valence-electron chi connectivity index (χ0n) is 18.8. The molecule has 4 rings (SSSR count). The minimum atomic E-state index is -4.50. The van der Waals surface area contributed by atoms with Gasteiger partial charge in [0.2, 0.25) is 5.95 Å². The molecule has 1 atom stereocenters. The summed E-state index contributed by atoms with van der Waals surface area (Å²) < 4.78 is 44.1. The summed E-state index contributed by atoms with van der Waals surface area (Å²) in [5.74, 6) is 1.12. The first kappa shape index (κ1) is 23.4. The van der Waals surface area contributed by atoms with Gasteiger partial charge in [0.1, 0.15) is 0 Å². The molecule has 1 aromatic carbocycles. The summed E-state index contributed by atoms with van der Waals surface area (Å²) in [7, 11) is 0. The Balaban J connectivity index is 1.75. The Morgan fingerprint density at radius 1 is 1.19 bits per heavy atom. The zero-order chi connectivity index (χ0) is 23.0. The van der Waals surface area contributed by atoms with Crippen molar-refractivity contribution in [1.29, 1.82) is 0 Å². The van der Waals surface area contributed by atoms with E-state index in [-0.39, 0.29) is 5.92 Å². The van der Waals surface area contributed by atoms with Crippen LogP contribution in [0.1, 0.15) is 61.0 Å². The summed E-state index contributed by atoms with van der Waals surface area (Å²) in [6.07, 6.45) is 1.87. The van der Waals surface area contributed by atoms with Gasteiger partial charge < -0.3 is 15.2 Å². The van der Waals surface area contributed by atoms with Gasteiger partial charge >= 0.3 is 6.18 Å². The molecule has 32 heavy (non-hydrogen) atoms. The van der Waals surface area contributed by atoms with E-state index in [1.54, 1.807) is 4.57 Å². The highest BCUT2D eigenvalue weighted by Crippen LogP contribution is 2.43. The van der Waals surface area contributed by atoms with Crippen LogP contribution in [0.2, 0.25) is 5.02 Å². The third kappa shape index (κ3) is 4.65. The molecular formula is C24H32ClF3N4. The monoisotopic (exact) mass is 468 g/mol. The maximum Gasteiger partial charge on any atom is 0.435 e. The Labute approximate surface area is 192 Å². The smallest absolute Gasteiger partial charge is 0.330 e. The van der Waals surface area contributed by atoms with Gasteiger partial charge in [0.15, 0.2) is 5.69 Å². The van der Waals surface area contributed by atoms with Crippen LogP contribution in [0, 0.1) is 25.7 Å². The van der Waals surface area contributed by atoms with E-state index in [1.165, 1.54) is 19.3 Å². The standard InChI is InChI=1S/C24H32ClF3N4/c1-15-11-16(2)21(19(25)12-15)32-10-4-9-31-20(22(24(26,27)28)30-23(31)32)14-18(7-8-29)13-17-5-3-6-17/h11-12,17-18H,3-10,13-14,29H2,1-2H3. The van der Waals surface area contributed by atoms with Gasteiger partial charge in [-0.2, -0.15) is 13.2 Å². The maximum atomic E-state index is 14.1. The van der Waals surface area contributed by atoms with Crippen LogP contribution in [0.3, 0.4) is 0 Å². The Morgan fingerprint density at radius 2 is 1.94 bits per heavy atom. The van der Waals surface area contributed by atoms with Crippen molar-refractivity contribution in [2.75, 3.05) is 18.0 Å². The normalized spacial score (nSPS) is 17.9. The summed E-state index contributed by atoms with van der Waals surface area (Å²) >= 11 is 6.56. The minimum absolute atomic E-state index is 0.146. The van der Waals surface area contributed by atoms with Gasteiger partial charge in [-0.3, -0.25) is 0 Å². The number of imidazole rings is 1. The van der Waals surface area contributed by atoms with E-state index in [0.717, 1.165) is 36.1 Å². The Hall–Kier alpha value is -1.73. The summed E-state index contributed by atoms with van der Waals surface area (Å²) in [6, 6.07) is 3.86. The lowest BCUT2D eigenvalue weighted by molar-refractivity contribution is -0.141. The molecule has 2 aliphatic rings. The molecular weight excluding hydrogens is 437 g/mol. The fraction of sp³-hybridized carbons (Fsp3) is 0.625. The number of anilines is 2. The number of hydrogen-bond acceptors (Lipinski definition) is 3. The van der Waals surface area contributed by atoms with Crippen LogP contribution < -0.4 is 10.6 Å². The number of nitrogens with two attached hydrogens (primary N) is 1. The molecule has 1 aliphatic carbocycles. The van der Waals surface area contributed by atoms with Crippen molar-refractivity contribution in [3.05, 3.63) is 39.7 Å². The van der Waals surface area contributed by atoms with E-state index >= 15 is 0 Å². The number of nitrogens with zero attached hydrogens (tertiary/aromatic N) is 3. The highest BCUT2D eigenvalue weighted by Gasteiger charge is 2.41. The number of aromatic nitrogens is 2. The Morgan fingerprint density at radius 3 is 2.53 bits per heavy atom. The first-order valence-electron chi connectivity index (χ1n) is 11.6. The lowest BCUT2D eigenvalue weighted by Gasteiger charge is -2.33. The van der Waals surface area contributed by atoms with Gasteiger partial charge in [0.05, 0.1) is 16.4 Å². The molecule has 4 nitrogen and oxygen atoms in total. The Bertz CT molecular complexity index is 942. The molecule has 176 valence electrons. The predicted octanol–water partition coefficient (Wildman–Crippen LogP) is 6.41. The van der Waals surface area contributed by atoms with E-state index in [9.17, 15) is 13.2 Å². The second-order valence-corrected chi connectivity index (χ2v) is 9.86. The second-order valence-electron chi connectivity index (χ2n) is 9.45. The van der Waals surface area contributed by atoms with E-state index in [1.807, 2.05) is 30.9 Å². The molecule has 2 aromatic rings. The first-order valence-corrected chi connectivity index (χ1v) is 12.0. The van der Waals surface area contributed by atoms with Crippen molar-refractivity contribution in [3.63, 3.8) is 0 Å². The molecule has 1 saturated carbocycles. The van der Waals surface area contributed by atoms with Crippen LogP contribution >= 0.6 is 11.6 Å². The Kier molecular flexibility index (Phi) is 6.78. The van der Waals surface area contributed by atoms with E-state index in [4.69, 9.17) is 17.3 Å². The van der Waals surface area contributed by atoms with Gasteiger partial charge in [-0.15, -0.1) is 0 Å². The average Bonchev–Trinajstić information content (AvgIpc) is 3.04. The van der Waals surface area contributed by atoms with Gasteiger partial charge in [-0.1, -0.05) is 36.9 Å². The summed E-state index contributed by atoms with van der Waals surface area (Å²) in [5.41, 5.74) is 8.09. The first-order chi connectivity index (χ1) is 15.2. The number of alkyl halides is 3. The van der Waals surface area contributed by atoms with Crippen molar-refractivity contribution in [2.45, 2.75) is 71.5 Å². The lowest BCUT2D eigenvalue weighted by atomic mass is 9.77. The van der Waals surface area contributed by atoms with Crippen LogP contribution in [-0.4, -0.2) is 22.6 Å². The van der Waals surface area contributed by atoms with Gasteiger partial charge in [-0.05, 0) is 75.1 Å². The molecule has 1 aromatic heterocycles. The molecule has 0 bridgehead atoms. The molecule has 1 aliphatic heterocycles. The third-order valence-electron chi connectivity index (χ3n) is 6.94. The molecule has 0 spiro atoms. The molecule has 0 amide bonds. The van der Waals surface area contributed by atoms with Crippen LogP contribution in [-0.2, 0) is 19.1 Å². The van der Waals surface area contributed by atoms with Crippen molar-refractivity contribution < 1.29 is 13.2 Å². The quantitative estimate of drug-likeness (QED) is 0.510. The van der Waals surface area contributed by atoms with E-state index in [0.29, 0.717) is 48.6 Å². The number of aryl methyl sites for hydroxylation is 2. The topological polar surface area (TPSA) is 47.1 Å². The molecule has 0 radical (unpaired) electrons. The molecule has 1 unspecified atom stereocenters. The van der Waals surface area contributed by atoms with E-state index < -0.39 is 11.9 Å². The van der Waals surface area contributed by atoms with Gasteiger partial charge in [-0.25, -0.2) is 4.98 Å². The predicted molar refractivity (Wildman–Crippen MR) is 123 cm³/mol. The minimum Gasteiger partial charge on any atom is -0.330 e. The van der Waals surface area contributed by atoms with Crippen LogP contribution in [0.5, 0.6) is 0 Å². The average molecular weight is 469 g/mol. The zero-order valence-corrected chi connectivity index (χ0v) is 19.6. The number of fused-ring (bicyclic) bond motifs is 1. The SMILES string of the molecule is Cc1cc(C)c(N2CCCn3c2nc(C(F)(F)F)c3CC(CCN)CC2CCC2)c(Cl)c1. The largest absolute Gasteiger partial charge is 0.435 e. The number of benzene rings is 1. The van der Waals surface area contributed by atoms with Crippen LogP contribution in [0.4, 0.5) is 24.8 Å². The van der Waals surface area contributed by atoms with E-state index in [2.05, 4.69) is 4.98 Å². The maximum absolute atomic E-state index is 14.1. The number of halogens is 4. The van der Waals surface area contributed by atoms with Gasteiger partial charge in [0.25, 0.3) is 0 Å². The van der Waals surface area contributed by atoms with Crippen LogP contribution in [0.25, 0.3) is 0 Å². The van der Waals surface area contributed by atoms with Crippen molar-refractivity contribution >= 4 is 23.2 Å². The fourth-order valence-electron chi connectivity index (χ4n) is 5.31. The fourth-order valence-corrected chi connectivity index (χ4v) is 5.73. The highest BCUT2D eigenvalue weighted by atomic mass is 35.5. The van der Waals surface area contributed by atoms with Crippen molar-refractivity contribution in [1.82, 2.24) is 9.55 Å². The van der Waals surface area contributed by atoms with Crippen LogP contribution in [0.15, 0.2) is 12.1 Å².